The summed E-state index contributed by atoms with van der Waals surface area (Å²) >= 11 is 0. The van der Waals surface area contributed by atoms with Crippen molar-refractivity contribution in [1.82, 2.24) is 15.5 Å². The zero-order valence-electron chi connectivity index (χ0n) is 18.5. The van der Waals surface area contributed by atoms with Gasteiger partial charge in [-0.1, -0.05) is 24.3 Å². The molecule has 1 atom stereocenters. The van der Waals surface area contributed by atoms with Gasteiger partial charge in [0.15, 0.2) is 5.96 Å². The molecule has 0 aliphatic heterocycles. The Morgan fingerprint density at radius 3 is 2.42 bits per heavy atom. The Morgan fingerprint density at radius 2 is 1.74 bits per heavy atom. The minimum Gasteiger partial charge on any atom is -0.468 e. The van der Waals surface area contributed by atoms with E-state index in [1.165, 1.54) is 5.56 Å². The number of rotatable bonds is 10. The van der Waals surface area contributed by atoms with Crippen molar-refractivity contribution in [3.63, 3.8) is 0 Å². The Balaban J connectivity index is 1.63. The van der Waals surface area contributed by atoms with Crippen molar-refractivity contribution in [1.29, 1.82) is 0 Å². The van der Waals surface area contributed by atoms with E-state index in [2.05, 4.69) is 34.7 Å². The zero-order valence-corrected chi connectivity index (χ0v) is 18.5. The third-order valence-electron chi connectivity index (χ3n) is 4.97. The lowest BCUT2D eigenvalue weighted by Crippen LogP contribution is -2.44. The lowest BCUT2D eigenvalue weighted by atomic mass is 10.0. The molecular weight excluding hydrogens is 392 g/mol. The molecule has 0 spiro atoms. The number of aliphatic hydroxyl groups is 1. The normalized spacial score (nSPS) is 13.9. The standard InChI is InChI=1S/C24H32N4O3/c1-4-25-23(27-18-24(2,29)22-12-8-14-31-22)26-15-19-9-5-6-10-20(19)16-28(3)17-21-11-7-13-30-21/h5-14,29H,4,15-18H2,1-3H3,(H2,25,26,27). The van der Waals surface area contributed by atoms with Gasteiger partial charge in [-0.05, 0) is 56.3 Å². The first-order valence-electron chi connectivity index (χ1n) is 10.5. The first-order chi connectivity index (χ1) is 15.0. The molecule has 1 aromatic carbocycles. The smallest absolute Gasteiger partial charge is 0.191 e. The van der Waals surface area contributed by atoms with Crippen LogP contribution in [0.3, 0.4) is 0 Å². The first-order valence-corrected chi connectivity index (χ1v) is 10.5. The number of hydrogen-bond acceptors (Lipinski definition) is 5. The SMILES string of the molecule is CCNC(=NCc1ccccc1CN(C)Cc1ccco1)NCC(C)(O)c1ccco1. The Morgan fingerprint density at radius 1 is 1.00 bits per heavy atom. The summed E-state index contributed by atoms with van der Waals surface area (Å²) in [6.07, 6.45) is 3.26. The molecule has 166 valence electrons. The summed E-state index contributed by atoms with van der Waals surface area (Å²) in [5.41, 5.74) is 1.24. The van der Waals surface area contributed by atoms with Crippen LogP contribution in [0.25, 0.3) is 0 Å². The van der Waals surface area contributed by atoms with Crippen LogP contribution in [-0.4, -0.2) is 36.1 Å². The lowest BCUT2D eigenvalue weighted by molar-refractivity contribution is 0.0386. The van der Waals surface area contributed by atoms with Gasteiger partial charge in [0.2, 0.25) is 0 Å². The van der Waals surface area contributed by atoms with Crippen LogP contribution in [0.4, 0.5) is 0 Å². The van der Waals surface area contributed by atoms with E-state index in [-0.39, 0.29) is 6.54 Å². The van der Waals surface area contributed by atoms with Crippen LogP contribution in [-0.2, 0) is 25.2 Å². The molecule has 0 radical (unpaired) electrons. The third-order valence-corrected chi connectivity index (χ3v) is 4.97. The van der Waals surface area contributed by atoms with Crippen LogP contribution in [0, 0.1) is 0 Å². The molecule has 2 aromatic heterocycles. The molecule has 31 heavy (non-hydrogen) atoms. The molecule has 3 rings (SSSR count). The van der Waals surface area contributed by atoms with Gasteiger partial charge in [0.05, 0.1) is 32.2 Å². The maximum atomic E-state index is 10.7. The fourth-order valence-electron chi connectivity index (χ4n) is 3.32. The van der Waals surface area contributed by atoms with Crippen molar-refractivity contribution >= 4 is 5.96 Å². The van der Waals surface area contributed by atoms with E-state index in [0.29, 0.717) is 18.3 Å². The molecule has 3 N–H and O–H groups in total. The highest BCUT2D eigenvalue weighted by atomic mass is 16.4. The van der Waals surface area contributed by atoms with Crippen molar-refractivity contribution < 1.29 is 13.9 Å². The Kier molecular flexibility index (Phi) is 7.92. The Hall–Kier alpha value is -3.03. The summed E-state index contributed by atoms with van der Waals surface area (Å²) in [7, 11) is 2.07. The highest BCUT2D eigenvalue weighted by Crippen LogP contribution is 2.20. The van der Waals surface area contributed by atoms with Gasteiger partial charge in [-0.2, -0.15) is 0 Å². The number of benzene rings is 1. The average molecular weight is 425 g/mol. The quantitative estimate of drug-likeness (QED) is 0.341. The van der Waals surface area contributed by atoms with Crippen molar-refractivity contribution in [2.75, 3.05) is 20.1 Å². The number of guanidine groups is 1. The summed E-state index contributed by atoms with van der Waals surface area (Å²) in [5.74, 6) is 2.11. The van der Waals surface area contributed by atoms with E-state index < -0.39 is 5.60 Å². The van der Waals surface area contributed by atoms with Crippen molar-refractivity contribution in [2.45, 2.75) is 39.1 Å². The topological polar surface area (TPSA) is 86.2 Å². The van der Waals surface area contributed by atoms with Gasteiger partial charge in [0.1, 0.15) is 17.1 Å². The van der Waals surface area contributed by atoms with Crippen LogP contribution in [0.15, 0.2) is 74.9 Å². The predicted octanol–water partition coefficient (Wildman–Crippen LogP) is 3.47. The Bertz CT molecular complexity index is 934. The largest absolute Gasteiger partial charge is 0.468 e. The number of furan rings is 2. The molecule has 0 fully saturated rings. The van der Waals surface area contributed by atoms with E-state index in [4.69, 9.17) is 13.8 Å². The highest BCUT2D eigenvalue weighted by Gasteiger charge is 2.26. The maximum absolute atomic E-state index is 10.7. The van der Waals surface area contributed by atoms with Gasteiger partial charge in [-0.25, -0.2) is 4.99 Å². The Labute approximate surface area is 183 Å². The number of hydrogen-bond donors (Lipinski definition) is 3. The zero-order chi connectivity index (χ0) is 22.1. The number of nitrogens with zero attached hydrogens (tertiary/aromatic N) is 2. The molecule has 3 aromatic rings. The molecule has 7 nitrogen and oxygen atoms in total. The summed E-state index contributed by atoms with van der Waals surface area (Å²) in [4.78, 5) is 6.94. The fraction of sp³-hybridized carbons (Fsp3) is 0.375. The fourth-order valence-corrected chi connectivity index (χ4v) is 3.32. The molecule has 0 aliphatic rings. The summed E-state index contributed by atoms with van der Waals surface area (Å²) in [5, 5.41) is 17.1. The monoisotopic (exact) mass is 424 g/mol. The van der Waals surface area contributed by atoms with E-state index in [0.717, 1.165) is 31.0 Å². The van der Waals surface area contributed by atoms with E-state index in [9.17, 15) is 5.11 Å². The third kappa shape index (κ3) is 6.73. The second-order valence-electron chi connectivity index (χ2n) is 7.82. The molecule has 0 bridgehead atoms. The van der Waals surface area contributed by atoms with Crippen molar-refractivity contribution in [2.24, 2.45) is 4.99 Å². The van der Waals surface area contributed by atoms with Gasteiger partial charge < -0.3 is 24.6 Å². The second-order valence-corrected chi connectivity index (χ2v) is 7.82. The van der Waals surface area contributed by atoms with Gasteiger partial charge in [-0.15, -0.1) is 0 Å². The van der Waals surface area contributed by atoms with Crippen LogP contribution in [0.2, 0.25) is 0 Å². The summed E-state index contributed by atoms with van der Waals surface area (Å²) in [6, 6.07) is 15.7. The first kappa shape index (κ1) is 22.7. The van der Waals surface area contributed by atoms with Gasteiger partial charge >= 0.3 is 0 Å². The molecule has 0 aliphatic carbocycles. The van der Waals surface area contributed by atoms with E-state index in [1.54, 1.807) is 31.6 Å². The number of aliphatic imine (C=N–C) groups is 1. The molecule has 1 unspecified atom stereocenters. The van der Waals surface area contributed by atoms with E-state index in [1.807, 2.05) is 31.2 Å². The van der Waals surface area contributed by atoms with Crippen LogP contribution in [0.5, 0.6) is 0 Å². The van der Waals surface area contributed by atoms with Crippen molar-refractivity contribution in [3.05, 3.63) is 83.7 Å². The second kappa shape index (κ2) is 10.8. The summed E-state index contributed by atoms with van der Waals surface area (Å²) in [6.45, 7) is 6.80. The van der Waals surface area contributed by atoms with Crippen LogP contribution >= 0.6 is 0 Å². The van der Waals surface area contributed by atoms with Gasteiger partial charge in [0, 0.05) is 13.1 Å². The van der Waals surface area contributed by atoms with Gasteiger partial charge in [-0.3, -0.25) is 4.90 Å². The molecular formula is C24H32N4O3. The highest BCUT2D eigenvalue weighted by molar-refractivity contribution is 5.79. The molecule has 0 saturated heterocycles. The number of nitrogens with one attached hydrogen (secondary N) is 2. The van der Waals surface area contributed by atoms with Crippen molar-refractivity contribution in [3.8, 4) is 0 Å². The minimum atomic E-state index is -1.13. The summed E-state index contributed by atoms with van der Waals surface area (Å²) < 4.78 is 10.8. The molecule has 0 saturated carbocycles. The predicted molar refractivity (Wildman–Crippen MR) is 121 cm³/mol. The molecule has 0 amide bonds. The van der Waals surface area contributed by atoms with Crippen LogP contribution in [0.1, 0.15) is 36.5 Å². The average Bonchev–Trinajstić information content (AvgIpc) is 3.45. The van der Waals surface area contributed by atoms with Crippen LogP contribution < -0.4 is 10.6 Å². The molecule has 7 heteroatoms. The lowest BCUT2D eigenvalue weighted by Gasteiger charge is -2.23. The molecule has 2 heterocycles. The minimum absolute atomic E-state index is 0.278. The van der Waals surface area contributed by atoms with Gasteiger partial charge in [0.25, 0.3) is 0 Å². The maximum Gasteiger partial charge on any atom is 0.191 e. The van der Waals surface area contributed by atoms with E-state index >= 15 is 0 Å².